The maximum Gasteiger partial charge on any atom is 0.297 e. The summed E-state index contributed by atoms with van der Waals surface area (Å²) in [5.41, 5.74) is 2.20. The molecule has 2 aromatic carbocycles. The molecule has 0 radical (unpaired) electrons. The Bertz CT molecular complexity index is 1400. The molecule has 32 heavy (non-hydrogen) atoms. The fourth-order valence-corrected chi connectivity index (χ4v) is 5.13. The second-order valence-electron chi connectivity index (χ2n) is 7.80. The Kier molecular flexibility index (Phi) is 4.67. The Morgan fingerprint density at radius 3 is 2.62 bits per heavy atom. The molecule has 1 fully saturated rings. The maximum absolute atomic E-state index is 13.3. The number of aromatic hydroxyl groups is 1. The minimum Gasteiger partial charge on any atom is -0.508 e. The molecule has 2 unspecified atom stereocenters. The number of rotatable bonds is 4. The highest BCUT2D eigenvalue weighted by Crippen LogP contribution is 2.44. The summed E-state index contributed by atoms with van der Waals surface area (Å²) in [6.45, 7) is 3.65. The van der Waals surface area contributed by atoms with Crippen LogP contribution >= 0.6 is 11.3 Å². The molecule has 2 aromatic heterocycles. The van der Waals surface area contributed by atoms with Gasteiger partial charge in [-0.15, -0.1) is 0 Å². The van der Waals surface area contributed by atoms with Crippen LogP contribution in [-0.2, 0) is 9.59 Å². The third-order valence-electron chi connectivity index (χ3n) is 5.52. The molecule has 3 heterocycles. The molecule has 0 aliphatic carbocycles. The van der Waals surface area contributed by atoms with Crippen molar-refractivity contribution in [3.8, 4) is 5.75 Å². The number of thiazole rings is 1. The highest BCUT2D eigenvalue weighted by Gasteiger charge is 2.54. The van der Waals surface area contributed by atoms with E-state index in [1.165, 1.54) is 34.4 Å². The normalized spacial score (nSPS) is 18.6. The van der Waals surface area contributed by atoms with Crippen molar-refractivity contribution in [1.29, 1.82) is 0 Å². The van der Waals surface area contributed by atoms with Gasteiger partial charge in [0.05, 0.1) is 16.3 Å². The van der Waals surface area contributed by atoms with Crippen molar-refractivity contribution >= 4 is 44.2 Å². The molecule has 1 aliphatic heterocycles. The second-order valence-corrected chi connectivity index (χ2v) is 8.81. The topological polar surface area (TPSA) is 101 Å². The number of nitrogens with zero attached hydrogens (tertiary/aromatic N) is 2. The van der Waals surface area contributed by atoms with Crippen LogP contribution in [0.5, 0.6) is 5.75 Å². The summed E-state index contributed by atoms with van der Waals surface area (Å²) in [4.78, 5) is 45.4. The summed E-state index contributed by atoms with van der Waals surface area (Å²) in [6, 6.07) is 14.1. The fraction of sp³-hybridized carbons (Fsp3) is 0.167. The van der Waals surface area contributed by atoms with E-state index < -0.39 is 29.4 Å². The minimum atomic E-state index is -1.32. The van der Waals surface area contributed by atoms with Gasteiger partial charge in [0.2, 0.25) is 11.6 Å². The predicted molar refractivity (Wildman–Crippen MR) is 119 cm³/mol. The largest absolute Gasteiger partial charge is 0.508 e. The molecule has 4 aromatic rings. The Labute approximate surface area is 186 Å². The molecule has 1 amide bonds. The van der Waals surface area contributed by atoms with Crippen LogP contribution in [0.1, 0.15) is 33.5 Å². The van der Waals surface area contributed by atoms with Gasteiger partial charge in [0.25, 0.3) is 5.91 Å². The Morgan fingerprint density at radius 1 is 1.09 bits per heavy atom. The van der Waals surface area contributed by atoms with Crippen LogP contribution in [-0.4, -0.2) is 27.6 Å². The second kappa shape index (κ2) is 7.42. The zero-order valence-corrected chi connectivity index (χ0v) is 18.1. The van der Waals surface area contributed by atoms with Gasteiger partial charge >= 0.3 is 0 Å². The molecule has 160 valence electrons. The molecular formula is C24H18N2O5S. The molecule has 7 nitrogen and oxygen atoms in total. The van der Waals surface area contributed by atoms with E-state index in [1.54, 1.807) is 25.1 Å². The maximum atomic E-state index is 13.3. The zero-order chi connectivity index (χ0) is 22.6. The number of amides is 1. The van der Waals surface area contributed by atoms with Gasteiger partial charge in [-0.3, -0.25) is 19.3 Å². The van der Waals surface area contributed by atoms with Gasteiger partial charge in [0, 0.05) is 0 Å². The van der Waals surface area contributed by atoms with E-state index in [-0.39, 0.29) is 11.5 Å². The SMILES string of the molecule is Cc1ccc2nc(N3C(=O)C(=O)C(C(=O)c4ccc(C)o4)C3c3cccc(O)c3)sc2c1. The summed E-state index contributed by atoms with van der Waals surface area (Å²) < 4.78 is 6.32. The van der Waals surface area contributed by atoms with Crippen LogP contribution in [0.25, 0.3) is 10.2 Å². The van der Waals surface area contributed by atoms with E-state index in [0.29, 0.717) is 22.0 Å². The summed E-state index contributed by atoms with van der Waals surface area (Å²) >= 11 is 1.28. The van der Waals surface area contributed by atoms with Crippen LogP contribution in [0, 0.1) is 19.8 Å². The van der Waals surface area contributed by atoms with Crippen molar-refractivity contribution in [2.24, 2.45) is 5.92 Å². The first kappa shape index (κ1) is 20.1. The number of aromatic nitrogens is 1. The summed E-state index contributed by atoms with van der Waals surface area (Å²) in [6.07, 6.45) is 0. The van der Waals surface area contributed by atoms with Crippen molar-refractivity contribution in [3.63, 3.8) is 0 Å². The van der Waals surface area contributed by atoms with Gasteiger partial charge in [0.1, 0.15) is 17.4 Å². The van der Waals surface area contributed by atoms with Gasteiger partial charge in [-0.2, -0.15) is 0 Å². The average molecular weight is 446 g/mol. The highest BCUT2D eigenvalue weighted by molar-refractivity contribution is 7.22. The quantitative estimate of drug-likeness (QED) is 0.284. The number of carbonyl (C=O) groups excluding carboxylic acids is 3. The third-order valence-corrected chi connectivity index (χ3v) is 6.54. The number of benzene rings is 2. The summed E-state index contributed by atoms with van der Waals surface area (Å²) in [5.74, 6) is -3.02. The van der Waals surface area contributed by atoms with Crippen LogP contribution in [0.15, 0.2) is 59.0 Å². The van der Waals surface area contributed by atoms with Crippen molar-refractivity contribution in [2.45, 2.75) is 19.9 Å². The van der Waals surface area contributed by atoms with Gasteiger partial charge in [0.15, 0.2) is 10.9 Å². The molecule has 1 N–H and O–H groups in total. The van der Waals surface area contributed by atoms with Crippen molar-refractivity contribution in [1.82, 2.24) is 4.98 Å². The Hall–Kier alpha value is -3.78. The van der Waals surface area contributed by atoms with Crippen LogP contribution < -0.4 is 4.90 Å². The van der Waals surface area contributed by atoms with Crippen LogP contribution in [0.3, 0.4) is 0 Å². The number of Topliss-reactive ketones (excluding diaryl/α,β-unsaturated/α-hetero) is 2. The number of hydrogen-bond donors (Lipinski definition) is 1. The van der Waals surface area contributed by atoms with E-state index >= 15 is 0 Å². The number of phenols is 1. The summed E-state index contributed by atoms with van der Waals surface area (Å²) in [5, 5.41) is 10.4. The van der Waals surface area contributed by atoms with Gasteiger partial charge < -0.3 is 9.52 Å². The lowest BCUT2D eigenvalue weighted by molar-refractivity contribution is -0.135. The van der Waals surface area contributed by atoms with Gasteiger partial charge in [-0.05, 0) is 61.4 Å². The van der Waals surface area contributed by atoms with Crippen LogP contribution in [0.4, 0.5) is 5.13 Å². The van der Waals surface area contributed by atoms with Crippen LogP contribution in [0.2, 0.25) is 0 Å². The number of ketones is 2. The molecule has 0 bridgehead atoms. The number of aryl methyl sites for hydroxylation is 2. The smallest absolute Gasteiger partial charge is 0.297 e. The molecule has 5 rings (SSSR count). The third kappa shape index (κ3) is 3.20. The first-order valence-electron chi connectivity index (χ1n) is 9.97. The number of furan rings is 1. The molecule has 8 heteroatoms. The predicted octanol–water partition coefficient (Wildman–Crippen LogP) is 4.37. The molecule has 1 aliphatic rings. The number of fused-ring (bicyclic) bond motifs is 1. The summed E-state index contributed by atoms with van der Waals surface area (Å²) in [7, 11) is 0. The van der Waals surface area contributed by atoms with E-state index in [1.807, 2.05) is 25.1 Å². The minimum absolute atomic E-state index is 0.0144. The van der Waals surface area contributed by atoms with Gasteiger partial charge in [-0.1, -0.05) is 29.5 Å². The Morgan fingerprint density at radius 2 is 1.91 bits per heavy atom. The standard InChI is InChI=1S/C24H18N2O5S/c1-12-6-8-16-18(10-12)32-24(25-16)26-20(14-4-3-5-15(27)11-14)19(22(29)23(26)30)21(28)17-9-7-13(2)31-17/h3-11,19-20,27H,1-2H3. The molecule has 0 spiro atoms. The fourth-order valence-electron chi connectivity index (χ4n) is 4.03. The van der Waals surface area contributed by atoms with Crippen molar-refractivity contribution in [2.75, 3.05) is 4.90 Å². The van der Waals surface area contributed by atoms with E-state index in [2.05, 4.69) is 4.98 Å². The first-order chi connectivity index (χ1) is 15.3. The number of carbonyl (C=O) groups is 3. The molecular weight excluding hydrogens is 428 g/mol. The van der Waals surface area contributed by atoms with Crippen molar-refractivity contribution in [3.05, 3.63) is 77.2 Å². The lowest BCUT2D eigenvalue weighted by Gasteiger charge is -2.24. The monoisotopic (exact) mass is 446 g/mol. The van der Waals surface area contributed by atoms with E-state index in [0.717, 1.165) is 10.3 Å². The molecule has 1 saturated heterocycles. The average Bonchev–Trinajstić information content (AvgIpc) is 3.44. The number of phenolic OH excluding ortho intramolecular Hbond substituents is 1. The lowest BCUT2D eigenvalue weighted by Crippen LogP contribution is -2.30. The number of hydrogen-bond acceptors (Lipinski definition) is 7. The highest BCUT2D eigenvalue weighted by atomic mass is 32.1. The molecule has 2 atom stereocenters. The van der Waals surface area contributed by atoms with E-state index in [4.69, 9.17) is 4.42 Å². The van der Waals surface area contributed by atoms with E-state index in [9.17, 15) is 19.5 Å². The lowest BCUT2D eigenvalue weighted by atomic mass is 9.88. The zero-order valence-electron chi connectivity index (χ0n) is 17.2. The Balaban J connectivity index is 1.68. The molecule has 0 saturated carbocycles. The van der Waals surface area contributed by atoms with Gasteiger partial charge in [-0.25, -0.2) is 4.98 Å². The first-order valence-corrected chi connectivity index (χ1v) is 10.8. The number of anilines is 1. The van der Waals surface area contributed by atoms with Crippen molar-refractivity contribution < 1.29 is 23.9 Å².